The maximum absolute atomic E-state index is 12.9. The van der Waals surface area contributed by atoms with Crippen molar-refractivity contribution in [2.45, 2.75) is 103 Å². The van der Waals surface area contributed by atoms with Gasteiger partial charge in [0.25, 0.3) is 11.8 Å². The molecule has 1 saturated carbocycles. The molecule has 0 radical (unpaired) electrons. The van der Waals surface area contributed by atoms with Gasteiger partial charge in [-0.1, -0.05) is 27.7 Å². The van der Waals surface area contributed by atoms with Gasteiger partial charge in [-0.15, -0.1) is 0 Å². The van der Waals surface area contributed by atoms with E-state index in [2.05, 4.69) is 48.5 Å². The molecule has 2 aromatic heterocycles. The standard InChI is InChI=1S/C24H38N6O2/c1-5-19(6-2)29-21(13-15-25-29)23(31)27-17-9-11-18(12-10-17)28-24(32)22-14-16-26-30(22)20(7-3)8-4/h13-20H,5-12H2,1-4H3,(H,27,31)(H,28,32). The van der Waals surface area contributed by atoms with Gasteiger partial charge in [0.1, 0.15) is 11.4 Å². The summed E-state index contributed by atoms with van der Waals surface area (Å²) in [7, 11) is 0. The molecule has 0 aromatic carbocycles. The van der Waals surface area contributed by atoms with Crippen molar-refractivity contribution >= 4 is 11.8 Å². The zero-order valence-electron chi connectivity index (χ0n) is 19.9. The fourth-order valence-electron chi connectivity index (χ4n) is 4.74. The topological polar surface area (TPSA) is 93.8 Å². The second kappa shape index (κ2) is 11.3. The van der Waals surface area contributed by atoms with Gasteiger partial charge in [-0.25, -0.2) is 0 Å². The van der Waals surface area contributed by atoms with Crippen molar-refractivity contribution in [3.05, 3.63) is 35.9 Å². The highest BCUT2D eigenvalue weighted by Gasteiger charge is 2.27. The molecule has 2 aromatic rings. The minimum atomic E-state index is -0.0593. The monoisotopic (exact) mass is 442 g/mol. The van der Waals surface area contributed by atoms with Crippen LogP contribution in [0.15, 0.2) is 24.5 Å². The lowest BCUT2D eigenvalue weighted by atomic mass is 9.91. The number of rotatable bonds is 10. The molecule has 2 N–H and O–H groups in total. The smallest absolute Gasteiger partial charge is 0.269 e. The molecule has 0 spiro atoms. The Balaban J connectivity index is 1.52. The highest BCUT2D eigenvalue weighted by Crippen LogP contribution is 2.22. The van der Waals surface area contributed by atoms with Crippen molar-refractivity contribution in [2.24, 2.45) is 0 Å². The lowest BCUT2D eigenvalue weighted by Gasteiger charge is -2.30. The fourth-order valence-corrected chi connectivity index (χ4v) is 4.74. The van der Waals surface area contributed by atoms with E-state index < -0.39 is 0 Å². The second-order valence-electron chi connectivity index (χ2n) is 8.76. The van der Waals surface area contributed by atoms with Gasteiger partial charge in [-0.05, 0) is 63.5 Å². The van der Waals surface area contributed by atoms with Crippen LogP contribution in [0, 0.1) is 0 Å². The van der Waals surface area contributed by atoms with E-state index in [9.17, 15) is 9.59 Å². The van der Waals surface area contributed by atoms with E-state index in [-0.39, 0.29) is 36.0 Å². The van der Waals surface area contributed by atoms with E-state index in [1.54, 1.807) is 24.5 Å². The maximum Gasteiger partial charge on any atom is 0.269 e. The Bertz CT molecular complexity index is 800. The number of nitrogens with one attached hydrogen (secondary N) is 2. The van der Waals surface area contributed by atoms with Gasteiger partial charge in [0.15, 0.2) is 0 Å². The molecule has 1 aliphatic carbocycles. The molecule has 1 fully saturated rings. The third-order valence-corrected chi connectivity index (χ3v) is 6.78. The largest absolute Gasteiger partial charge is 0.348 e. The molecule has 0 unspecified atom stereocenters. The van der Waals surface area contributed by atoms with Crippen LogP contribution in [0.1, 0.15) is 112 Å². The van der Waals surface area contributed by atoms with E-state index in [4.69, 9.17) is 0 Å². The van der Waals surface area contributed by atoms with Crippen LogP contribution in [0.4, 0.5) is 0 Å². The number of amides is 2. The average molecular weight is 443 g/mol. The molecule has 0 bridgehead atoms. The van der Waals surface area contributed by atoms with Crippen LogP contribution < -0.4 is 10.6 Å². The first-order valence-electron chi connectivity index (χ1n) is 12.2. The van der Waals surface area contributed by atoms with Crippen LogP contribution in [0.25, 0.3) is 0 Å². The number of carbonyl (C=O) groups is 2. The van der Waals surface area contributed by atoms with Crippen LogP contribution in [-0.2, 0) is 0 Å². The zero-order chi connectivity index (χ0) is 23.1. The van der Waals surface area contributed by atoms with Gasteiger partial charge in [-0.3, -0.25) is 19.0 Å². The average Bonchev–Trinajstić information content (AvgIpc) is 3.47. The number of carbonyl (C=O) groups excluding carboxylic acids is 2. The van der Waals surface area contributed by atoms with E-state index in [0.717, 1.165) is 51.4 Å². The third kappa shape index (κ3) is 5.40. The lowest BCUT2D eigenvalue weighted by Crippen LogP contribution is -2.44. The summed E-state index contributed by atoms with van der Waals surface area (Å²) in [6, 6.07) is 4.31. The Morgan fingerprint density at radius 3 is 1.44 bits per heavy atom. The SMILES string of the molecule is CCC(CC)n1nccc1C(=O)NC1CCC(NC(=O)c2ccnn2C(CC)CC)CC1. The van der Waals surface area contributed by atoms with E-state index in [0.29, 0.717) is 11.4 Å². The van der Waals surface area contributed by atoms with Gasteiger partial charge >= 0.3 is 0 Å². The van der Waals surface area contributed by atoms with Gasteiger partial charge < -0.3 is 10.6 Å². The summed E-state index contributed by atoms with van der Waals surface area (Å²) < 4.78 is 3.70. The van der Waals surface area contributed by atoms with Crippen molar-refractivity contribution < 1.29 is 9.59 Å². The highest BCUT2D eigenvalue weighted by molar-refractivity contribution is 5.93. The Morgan fingerprint density at radius 1 is 0.781 bits per heavy atom. The van der Waals surface area contributed by atoms with E-state index in [1.165, 1.54) is 0 Å². The summed E-state index contributed by atoms with van der Waals surface area (Å²) in [6.45, 7) is 8.46. The van der Waals surface area contributed by atoms with Crippen molar-refractivity contribution in [1.82, 2.24) is 30.2 Å². The van der Waals surface area contributed by atoms with Gasteiger partial charge in [0.05, 0.1) is 12.1 Å². The molecule has 2 amide bonds. The van der Waals surface area contributed by atoms with Crippen molar-refractivity contribution in [3.8, 4) is 0 Å². The van der Waals surface area contributed by atoms with Crippen LogP contribution in [0.5, 0.6) is 0 Å². The van der Waals surface area contributed by atoms with E-state index in [1.807, 2.05) is 9.36 Å². The first-order chi connectivity index (χ1) is 15.5. The van der Waals surface area contributed by atoms with Gasteiger partial charge in [0, 0.05) is 24.5 Å². The molecule has 176 valence electrons. The number of hydrogen-bond donors (Lipinski definition) is 2. The summed E-state index contributed by atoms with van der Waals surface area (Å²) in [4.78, 5) is 25.7. The van der Waals surface area contributed by atoms with Crippen LogP contribution in [0.2, 0.25) is 0 Å². The summed E-state index contributed by atoms with van der Waals surface area (Å²) in [6.07, 6.45) is 10.6. The molecular formula is C24H38N6O2. The molecule has 8 nitrogen and oxygen atoms in total. The molecule has 2 heterocycles. The molecule has 8 heteroatoms. The summed E-state index contributed by atoms with van der Waals surface area (Å²) >= 11 is 0. The third-order valence-electron chi connectivity index (χ3n) is 6.78. The zero-order valence-corrected chi connectivity index (χ0v) is 19.9. The first kappa shape index (κ1) is 24.0. The maximum atomic E-state index is 12.9. The van der Waals surface area contributed by atoms with Crippen LogP contribution in [-0.4, -0.2) is 43.5 Å². The molecule has 0 saturated heterocycles. The second-order valence-corrected chi connectivity index (χ2v) is 8.76. The molecule has 0 atom stereocenters. The molecular weight excluding hydrogens is 404 g/mol. The Morgan fingerprint density at radius 2 is 1.12 bits per heavy atom. The van der Waals surface area contributed by atoms with E-state index >= 15 is 0 Å². The Hall–Kier alpha value is -2.64. The fraction of sp³-hybridized carbons (Fsp3) is 0.667. The lowest BCUT2D eigenvalue weighted by molar-refractivity contribution is 0.0877. The number of nitrogens with zero attached hydrogens (tertiary/aromatic N) is 4. The highest BCUT2D eigenvalue weighted by atomic mass is 16.2. The molecule has 0 aliphatic heterocycles. The summed E-state index contributed by atoms with van der Waals surface area (Å²) in [5.74, 6) is -0.119. The Kier molecular flexibility index (Phi) is 8.47. The molecule has 32 heavy (non-hydrogen) atoms. The summed E-state index contributed by atoms with van der Waals surface area (Å²) in [5, 5.41) is 15.1. The first-order valence-corrected chi connectivity index (χ1v) is 12.2. The quantitative estimate of drug-likeness (QED) is 0.574. The predicted molar refractivity (Wildman–Crippen MR) is 125 cm³/mol. The summed E-state index contributed by atoms with van der Waals surface area (Å²) in [5.41, 5.74) is 1.26. The van der Waals surface area contributed by atoms with Crippen LogP contribution >= 0.6 is 0 Å². The number of hydrogen-bond acceptors (Lipinski definition) is 4. The number of aromatic nitrogens is 4. The van der Waals surface area contributed by atoms with Crippen LogP contribution in [0.3, 0.4) is 0 Å². The predicted octanol–water partition coefficient (Wildman–Crippen LogP) is 4.27. The minimum absolute atomic E-state index is 0.0593. The van der Waals surface area contributed by atoms with Crippen molar-refractivity contribution in [2.75, 3.05) is 0 Å². The van der Waals surface area contributed by atoms with Gasteiger partial charge in [0.2, 0.25) is 0 Å². The van der Waals surface area contributed by atoms with Crippen molar-refractivity contribution in [1.29, 1.82) is 0 Å². The molecule has 1 aliphatic rings. The van der Waals surface area contributed by atoms with Gasteiger partial charge in [-0.2, -0.15) is 10.2 Å². The minimum Gasteiger partial charge on any atom is -0.348 e. The Labute approximate surface area is 191 Å². The normalized spacial score (nSPS) is 18.8. The molecule has 3 rings (SSSR count). The van der Waals surface area contributed by atoms with Crippen molar-refractivity contribution in [3.63, 3.8) is 0 Å².